The first-order valence-electron chi connectivity index (χ1n) is 12.0. The van der Waals surface area contributed by atoms with E-state index < -0.39 is 5.82 Å². The summed E-state index contributed by atoms with van der Waals surface area (Å²) < 4.78 is 28.7. The average molecular weight is 494 g/mol. The van der Waals surface area contributed by atoms with Gasteiger partial charge in [0.15, 0.2) is 0 Å². The van der Waals surface area contributed by atoms with Gasteiger partial charge in [-0.05, 0) is 56.0 Å². The van der Waals surface area contributed by atoms with Crippen molar-refractivity contribution in [1.29, 1.82) is 0 Å². The number of rotatable bonds is 5. The van der Waals surface area contributed by atoms with Gasteiger partial charge in [-0.2, -0.15) is 5.10 Å². The van der Waals surface area contributed by atoms with Crippen LogP contribution in [0, 0.1) is 5.82 Å². The molecule has 1 N–H and O–H groups in total. The summed E-state index contributed by atoms with van der Waals surface area (Å²) in [5, 5.41) is 7.95. The Morgan fingerprint density at radius 3 is 2.63 bits per heavy atom. The first-order valence-corrected chi connectivity index (χ1v) is 12.3. The second kappa shape index (κ2) is 9.22. The molecule has 2 aromatic carbocycles. The predicted octanol–water partition coefficient (Wildman–Crippen LogP) is 5.65. The van der Waals surface area contributed by atoms with E-state index in [1.54, 1.807) is 36.5 Å². The highest BCUT2D eigenvalue weighted by molar-refractivity contribution is 6.33. The Morgan fingerprint density at radius 1 is 1.03 bits per heavy atom. The van der Waals surface area contributed by atoms with Crippen LogP contribution in [0.4, 0.5) is 10.1 Å². The summed E-state index contributed by atoms with van der Waals surface area (Å²) in [6.07, 6.45) is 4.82. The molecule has 1 aromatic heterocycles. The highest BCUT2D eigenvalue weighted by atomic mass is 35.5. The first kappa shape index (κ1) is 22.5. The lowest BCUT2D eigenvalue weighted by atomic mass is 9.88. The van der Waals surface area contributed by atoms with Gasteiger partial charge in [0, 0.05) is 46.8 Å². The number of carbonyl (C=O) groups is 1. The van der Waals surface area contributed by atoms with Crippen molar-refractivity contribution in [2.45, 2.75) is 43.9 Å². The topological polar surface area (TPSA) is 65.4 Å². The molecular weight excluding hydrogens is 469 g/mol. The number of nitrogens with one attached hydrogen (secondary N) is 1. The Balaban J connectivity index is 1.30. The Kier molecular flexibility index (Phi) is 5.92. The molecule has 8 heteroatoms. The van der Waals surface area contributed by atoms with Crippen LogP contribution in [0.3, 0.4) is 0 Å². The number of hydrogen-bond donors (Lipinski definition) is 1. The monoisotopic (exact) mass is 493 g/mol. The van der Waals surface area contributed by atoms with Crippen molar-refractivity contribution in [3.8, 4) is 11.1 Å². The van der Waals surface area contributed by atoms with Gasteiger partial charge in [0.1, 0.15) is 5.82 Å². The molecule has 0 spiro atoms. The fourth-order valence-corrected chi connectivity index (χ4v) is 5.66. The second-order valence-corrected chi connectivity index (χ2v) is 9.56. The molecule has 2 atom stereocenters. The number of halogens is 2. The second-order valence-electron chi connectivity index (χ2n) is 9.15. The third kappa shape index (κ3) is 4.07. The SMILES string of the molecule is O=C(Nc1ccc(-c2ccccc2Cl)c(F)c1)C1=C(c2ccnn2C2CCOCC2)[C@@H]2CC[C@H]1O2. The van der Waals surface area contributed by atoms with Crippen molar-refractivity contribution >= 4 is 28.8 Å². The van der Waals surface area contributed by atoms with Crippen molar-refractivity contribution in [3.63, 3.8) is 0 Å². The van der Waals surface area contributed by atoms with E-state index in [0.717, 1.165) is 37.0 Å². The maximum absolute atomic E-state index is 15.0. The molecule has 3 aromatic rings. The molecule has 2 saturated heterocycles. The van der Waals surface area contributed by atoms with E-state index in [4.69, 9.17) is 21.1 Å². The number of nitrogens with zero attached hydrogens (tertiary/aromatic N) is 2. The number of aromatic nitrogens is 2. The molecule has 0 unspecified atom stereocenters. The van der Waals surface area contributed by atoms with Gasteiger partial charge in [-0.15, -0.1) is 0 Å². The van der Waals surface area contributed by atoms with E-state index in [9.17, 15) is 9.18 Å². The molecule has 0 aliphatic carbocycles. The number of fused-ring (bicyclic) bond motifs is 2. The van der Waals surface area contributed by atoms with Crippen LogP contribution in [0.5, 0.6) is 0 Å². The number of carbonyl (C=O) groups excluding carboxylic acids is 1. The fraction of sp³-hybridized carbons (Fsp3) is 0.333. The molecule has 4 heterocycles. The zero-order chi connectivity index (χ0) is 23.9. The smallest absolute Gasteiger partial charge is 0.254 e. The zero-order valence-corrected chi connectivity index (χ0v) is 19.8. The molecule has 6 rings (SSSR count). The van der Waals surface area contributed by atoms with Crippen molar-refractivity contribution in [3.05, 3.63) is 76.8 Å². The van der Waals surface area contributed by atoms with E-state index in [1.807, 2.05) is 16.8 Å². The quantitative estimate of drug-likeness (QED) is 0.499. The summed E-state index contributed by atoms with van der Waals surface area (Å²) in [4.78, 5) is 13.5. The van der Waals surface area contributed by atoms with Crippen LogP contribution in [-0.4, -0.2) is 41.1 Å². The van der Waals surface area contributed by atoms with Gasteiger partial charge in [-0.25, -0.2) is 4.39 Å². The normalized spacial score (nSPS) is 22.1. The highest BCUT2D eigenvalue weighted by Crippen LogP contribution is 2.45. The van der Waals surface area contributed by atoms with Crippen LogP contribution in [0.2, 0.25) is 5.02 Å². The van der Waals surface area contributed by atoms with E-state index in [0.29, 0.717) is 40.6 Å². The lowest BCUT2D eigenvalue weighted by molar-refractivity contribution is -0.113. The minimum absolute atomic E-state index is 0.129. The van der Waals surface area contributed by atoms with Gasteiger partial charge in [-0.3, -0.25) is 9.48 Å². The van der Waals surface area contributed by atoms with Gasteiger partial charge in [0.25, 0.3) is 5.91 Å². The molecule has 2 bridgehead atoms. The Labute approximate surface area is 207 Å². The van der Waals surface area contributed by atoms with Gasteiger partial charge in [-0.1, -0.05) is 29.8 Å². The van der Waals surface area contributed by atoms with Crippen molar-refractivity contribution in [1.82, 2.24) is 9.78 Å². The van der Waals surface area contributed by atoms with Crippen LogP contribution in [-0.2, 0) is 14.3 Å². The van der Waals surface area contributed by atoms with E-state index >= 15 is 0 Å². The molecular formula is C27H25ClFN3O3. The number of amides is 1. The summed E-state index contributed by atoms with van der Waals surface area (Å²) in [5.74, 6) is -0.719. The van der Waals surface area contributed by atoms with Crippen LogP contribution in [0.15, 0.2) is 60.3 Å². The molecule has 35 heavy (non-hydrogen) atoms. The van der Waals surface area contributed by atoms with E-state index in [-0.39, 0.29) is 24.2 Å². The molecule has 0 saturated carbocycles. The van der Waals surface area contributed by atoms with Crippen molar-refractivity contribution < 1.29 is 18.7 Å². The molecule has 180 valence electrons. The van der Waals surface area contributed by atoms with Crippen molar-refractivity contribution in [2.75, 3.05) is 18.5 Å². The summed E-state index contributed by atoms with van der Waals surface area (Å²) in [7, 11) is 0. The molecule has 1 amide bonds. The van der Waals surface area contributed by atoms with Crippen LogP contribution >= 0.6 is 11.6 Å². The number of benzene rings is 2. The lowest BCUT2D eigenvalue weighted by Gasteiger charge is -2.26. The Morgan fingerprint density at radius 2 is 1.83 bits per heavy atom. The summed E-state index contributed by atoms with van der Waals surface area (Å²) in [6.45, 7) is 1.41. The van der Waals surface area contributed by atoms with Gasteiger partial charge >= 0.3 is 0 Å². The maximum atomic E-state index is 15.0. The molecule has 3 aliphatic rings. The van der Waals surface area contributed by atoms with Gasteiger partial charge in [0.2, 0.25) is 0 Å². The van der Waals surface area contributed by atoms with E-state index in [2.05, 4.69) is 10.4 Å². The zero-order valence-electron chi connectivity index (χ0n) is 19.0. The number of hydrogen-bond acceptors (Lipinski definition) is 4. The third-order valence-corrected chi connectivity index (χ3v) is 7.40. The van der Waals surface area contributed by atoms with Crippen LogP contribution in [0.25, 0.3) is 16.7 Å². The van der Waals surface area contributed by atoms with Gasteiger partial charge in [0.05, 0.1) is 29.5 Å². The number of ether oxygens (including phenoxy) is 2. The highest BCUT2D eigenvalue weighted by Gasteiger charge is 2.45. The molecule has 2 fully saturated rings. The summed E-state index contributed by atoms with van der Waals surface area (Å²) in [5.41, 5.74) is 3.82. The maximum Gasteiger partial charge on any atom is 0.254 e. The fourth-order valence-electron chi connectivity index (χ4n) is 5.42. The summed E-state index contributed by atoms with van der Waals surface area (Å²) in [6, 6.07) is 14.0. The minimum Gasteiger partial charge on any atom is -0.381 e. The van der Waals surface area contributed by atoms with Crippen LogP contribution < -0.4 is 5.32 Å². The lowest BCUT2D eigenvalue weighted by Crippen LogP contribution is -2.26. The Bertz CT molecular complexity index is 1310. The molecule has 6 nitrogen and oxygen atoms in total. The minimum atomic E-state index is -0.452. The van der Waals surface area contributed by atoms with Crippen molar-refractivity contribution in [2.24, 2.45) is 0 Å². The number of anilines is 1. The van der Waals surface area contributed by atoms with Crippen LogP contribution in [0.1, 0.15) is 37.4 Å². The first-order chi connectivity index (χ1) is 17.1. The predicted molar refractivity (Wildman–Crippen MR) is 132 cm³/mol. The third-order valence-electron chi connectivity index (χ3n) is 7.07. The molecule has 0 radical (unpaired) electrons. The summed E-state index contributed by atoms with van der Waals surface area (Å²) >= 11 is 6.24. The largest absolute Gasteiger partial charge is 0.381 e. The Hall–Kier alpha value is -3.00. The average Bonchev–Trinajstić information content (AvgIpc) is 3.61. The van der Waals surface area contributed by atoms with Gasteiger partial charge < -0.3 is 14.8 Å². The van der Waals surface area contributed by atoms with E-state index in [1.165, 1.54) is 6.07 Å². The molecule has 3 aliphatic heterocycles. The standard InChI is InChI=1S/C27H25ClFN3O3/c28-20-4-2-1-3-18(20)19-6-5-16(15-21(19)29)31-27(33)26-24-8-7-23(35-24)25(26)22-9-12-30-32(22)17-10-13-34-14-11-17/h1-6,9,12,15,17,23-24H,7-8,10-11,13-14H2,(H,31,33)/t23-,24+/m0/s1.